The molecule has 2 saturated heterocycles. The highest BCUT2D eigenvalue weighted by Crippen LogP contribution is 2.55. The molecule has 13 heteroatoms. The smallest absolute Gasteiger partial charge is 0.338 e. The van der Waals surface area contributed by atoms with E-state index in [1.807, 2.05) is 18.2 Å². The van der Waals surface area contributed by atoms with Crippen LogP contribution in [0.4, 0.5) is 5.69 Å². The van der Waals surface area contributed by atoms with Crippen LogP contribution in [-0.4, -0.2) is 78.4 Å². The van der Waals surface area contributed by atoms with Gasteiger partial charge in [-0.2, -0.15) is 0 Å². The highest BCUT2D eigenvalue weighted by atomic mass is 32.2. The summed E-state index contributed by atoms with van der Waals surface area (Å²) in [5, 5.41) is -0.340. The lowest BCUT2D eigenvalue weighted by Gasteiger charge is -2.32. The zero-order chi connectivity index (χ0) is 30.2. The molecule has 0 bridgehead atoms. The quantitative estimate of drug-likeness (QED) is 0.289. The van der Waals surface area contributed by atoms with Gasteiger partial charge in [0.2, 0.25) is 17.7 Å². The molecule has 0 spiro atoms. The summed E-state index contributed by atoms with van der Waals surface area (Å²) in [5.74, 6) is -2.51. The maximum atomic E-state index is 14.1. The molecule has 11 nitrogen and oxygen atoms in total. The number of fused-ring (bicyclic) bond motifs is 2. The molecular weight excluding hydrogens is 594 g/mol. The van der Waals surface area contributed by atoms with E-state index in [-0.39, 0.29) is 23.9 Å². The van der Waals surface area contributed by atoms with Crippen LogP contribution >= 0.6 is 23.1 Å². The summed E-state index contributed by atoms with van der Waals surface area (Å²) in [6, 6.07) is 13.4. The average molecular weight is 624 g/mol. The molecule has 0 saturated carbocycles. The van der Waals surface area contributed by atoms with E-state index >= 15 is 0 Å². The molecule has 0 unspecified atom stereocenters. The minimum Gasteiger partial charge on any atom is -0.496 e. The van der Waals surface area contributed by atoms with E-state index in [9.17, 15) is 24.0 Å². The Morgan fingerprint density at radius 3 is 2.42 bits per heavy atom. The maximum absolute atomic E-state index is 14.1. The molecule has 4 heterocycles. The Hall–Kier alpha value is -3.94. The van der Waals surface area contributed by atoms with E-state index in [1.165, 1.54) is 23.8 Å². The van der Waals surface area contributed by atoms with Crippen molar-refractivity contribution in [3.8, 4) is 5.75 Å². The van der Waals surface area contributed by atoms with Gasteiger partial charge in [-0.3, -0.25) is 23.7 Å². The summed E-state index contributed by atoms with van der Waals surface area (Å²) in [6.45, 7) is 3.52. The van der Waals surface area contributed by atoms with Gasteiger partial charge in [0.1, 0.15) is 17.5 Å². The number of hydrogen-bond acceptors (Lipinski definition) is 10. The van der Waals surface area contributed by atoms with Gasteiger partial charge in [0.25, 0.3) is 0 Å². The number of carbonyl (C=O) groups is 4. The van der Waals surface area contributed by atoms with E-state index < -0.39 is 34.9 Å². The number of imide groups is 1. The maximum Gasteiger partial charge on any atom is 0.338 e. The number of carbonyl (C=O) groups excluding carboxylic acids is 4. The largest absolute Gasteiger partial charge is 0.496 e. The molecule has 0 N–H and O–H groups in total. The first kappa shape index (κ1) is 29.1. The first-order chi connectivity index (χ1) is 20.8. The Morgan fingerprint density at radius 1 is 1.00 bits per heavy atom. The third-order valence-electron chi connectivity index (χ3n) is 7.82. The lowest BCUT2D eigenvalue weighted by atomic mass is 9.82. The number of amides is 3. The van der Waals surface area contributed by atoms with E-state index in [0.717, 1.165) is 28.0 Å². The number of esters is 1. The zero-order valence-electron chi connectivity index (χ0n) is 23.5. The second kappa shape index (κ2) is 12.0. The standard InChI is InChI=1S/C30H29N3O8S2/c1-3-41-29(37)17-8-10-18(11-9-17)33-26(35)23-22(19-6-4-5-7-20(19)39-2)25-28(42-24(23)27(33)36)32(30(38)43-25)16-21(34)31-12-14-40-15-13-31/h4-11,22-24H,3,12-16H2,1-2H3/t22-,23-,24+/m0/s1. The molecular formula is C30H29N3O8S2. The van der Waals surface area contributed by atoms with Gasteiger partial charge in [-0.25, -0.2) is 9.69 Å². The third-order valence-corrected chi connectivity index (χ3v) is 10.4. The molecule has 3 aromatic rings. The summed E-state index contributed by atoms with van der Waals surface area (Å²) in [7, 11) is 1.53. The van der Waals surface area contributed by atoms with Crippen molar-refractivity contribution in [2.75, 3.05) is 44.9 Å². The minimum absolute atomic E-state index is 0.172. The van der Waals surface area contributed by atoms with Gasteiger partial charge in [0.15, 0.2) is 0 Å². The van der Waals surface area contributed by atoms with Crippen LogP contribution in [0.2, 0.25) is 0 Å². The van der Waals surface area contributed by atoms with Crippen molar-refractivity contribution < 1.29 is 33.4 Å². The lowest BCUT2D eigenvalue weighted by Crippen LogP contribution is -2.43. The second-order valence-electron chi connectivity index (χ2n) is 10.2. The molecule has 3 atom stereocenters. The van der Waals surface area contributed by atoms with Gasteiger partial charge >= 0.3 is 10.8 Å². The fraction of sp³-hybridized carbons (Fsp3) is 0.367. The van der Waals surface area contributed by atoms with Gasteiger partial charge in [0, 0.05) is 29.4 Å². The number of hydrogen-bond donors (Lipinski definition) is 0. The van der Waals surface area contributed by atoms with Crippen LogP contribution < -0.4 is 14.5 Å². The lowest BCUT2D eigenvalue weighted by molar-refractivity contribution is -0.136. The predicted molar refractivity (Wildman–Crippen MR) is 159 cm³/mol. The Labute approximate surface area is 255 Å². The third kappa shape index (κ3) is 5.15. The number of ether oxygens (including phenoxy) is 3. The summed E-state index contributed by atoms with van der Waals surface area (Å²) >= 11 is 2.14. The molecule has 0 radical (unpaired) electrons. The number of morpholine rings is 1. The van der Waals surface area contributed by atoms with E-state index in [1.54, 1.807) is 30.0 Å². The van der Waals surface area contributed by atoms with Crippen molar-refractivity contribution in [2.24, 2.45) is 5.92 Å². The SMILES string of the molecule is CCOC(=O)c1ccc(N2C(=O)[C@H]3[C@H](c4ccccc4OC)c4sc(=O)n(CC(=O)N5CCOCC5)c4S[C@H]3C2=O)cc1. The molecule has 1 aromatic heterocycles. The Kier molecular flexibility index (Phi) is 8.12. The first-order valence-corrected chi connectivity index (χ1v) is 15.6. The van der Waals surface area contributed by atoms with Gasteiger partial charge in [0.05, 0.1) is 49.1 Å². The van der Waals surface area contributed by atoms with Crippen molar-refractivity contribution in [1.29, 1.82) is 0 Å². The van der Waals surface area contributed by atoms with Crippen LogP contribution in [0.15, 0.2) is 58.4 Å². The molecule has 224 valence electrons. The van der Waals surface area contributed by atoms with Crippen LogP contribution in [0.25, 0.3) is 0 Å². The number of nitrogens with zero attached hydrogens (tertiary/aromatic N) is 3. The van der Waals surface area contributed by atoms with Gasteiger partial charge < -0.3 is 19.1 Å². The molecule has 3 aliphatic heterocycles. The average Bonchev–Trinajstić information content (AvgIpc) is 3.47. The Balaban J connectivity index is 1.41. The minimum atomic E-state index is -0.849. The number of benzene rings is 2. The number of aromatic nitrogens is 1. The second-order valence-corrected chi connectivity index (χ2v) is 12.3. The number of thiazole rings is 1. The Bertz CT molecular complexity index is 1640. The molecule has 3 amide bonds. The van der Waals surface area contributed by atoms with Crippen LogP contribution in [-0.2, 0) is 30.4 Å². The van der Waals surface area contributed by atoms with E-state index in [4.69, 9.17) is 14.2 Å². The highest BCUT2D eigenvalue weighted by Gasteiger charge is 2.57. The van der Waals surface area contributed by atoms with Crippen LogP contribution in [0.5, 0.6) is 5.75 Å². The van der Waals surface area contributed by atoms with Crippen molar-refractivity contribution in [1.82, 2.24) is 9.47 Å². The predicted octanol–water partition coefficient (Wildman–Crippen LogP) is 2.75. The molecule has 6 rings (SSSR count). The van der Waals surface area contributed by atoms with Crippen LogP contribution in [0.3, 0.4) is 0 Å². The van der Waals surface area contributed by atoms with Crippen molar-refractivity contribution >= 4 is 52.5 Å². The van der Waals surface area contributed by atoms with Crippen molar-refractivity contribution in [3.63, 3.8) is 0 Å². The molecule has 3 aliphatic rings. The monoisotopic (exact) mass is 623 g/mol. The van der Waals surface area contributed by atoms with Gasteiger partial charge in [-0.05, 0) is 37.3 Å². The summed E-state index contributed by atoms with van der Waals surface area (Å²) in [5.41, 5.74) is 1.31. The summed E-state index contributed by atoms with van der Waals surface area (Å²) in [6.07, 6.45) is 0. The zero-order valence-corrected chi connectivity index (χ0v) is 25.2. The number of anilines is 1. The fourth-order valence-corrected chi connectivity index (χ4v) is 8.54. The van der Waals surface area contributed by atoms with Crippen molar-refractivity contribution in [2.45, 2.75) is 29.7 Å². The van der Waals surface area contributed by atoms with Gasteiger partial charge in [-0.1, -0.05) is 41.3 Å². The number of thioether (sulfide) groups is 1. The molecule has 43 heavy (non-hydrogen) atoms. The molecule has 2 fully saturated rings. The summed E-state index contributed by atoms with van der Waals surface area (Å²) in [4.78, 5) is 70.0. The number of para-hydroxylation sites is 1. The topological polar surface area (TPSA) is 124 Å². The summed E-state index contributed by atoms with van der Waals surface area (Å²) < 4.78 is 17.5. The Morgan fingerprint density at radius 2 is 1.72 bits per heavy atom. The first-order valence-electron chi connectivity index (χ1n) is 13.9. The normalized spacial score (nSPS) is 21.4. The molecule has 0 aliphatic carbocycles. The van der Waals surface area contributed by atoms with E-state index in [0.29, 0.717) is 58.8 Å². The molecule has 2 aromatic carbocycles. The van der Waals surface area contributed by atoms with Crippen LogP contribution in [0.1, 0.15) is 33.6 Å². The highest BCUT2D eigenvalue weighted by molar-refractivity contribution is 8.00. The number of rotatable bonds is 7. The van der Waals surface area contributed by atoms with Crippen LogP contribution in [0, 0.1) is 5.92 Å². The number of methoxy groups -OCH3 is 1. The fourth-order valence-electron chi connectivity index (χ4n) is 5.78. The van der Waals surface area contributed by atoms with Gasteiger partial charge in [-0.15, -0.1) is 0 Å². The van der Waals surface area contributed by atoms with E-state index in [2.05, 4.69) is 0 Å². The van der Waals surface area contributed by atoms with Crippen molar-refractivity contribution in [3.05, 3.63) is 74.2 Å².